The van der Waals surface area contributed by atoms with Crippen LogP contribution in [0.5, 0.6) is 0 Å². The van der Waals surface area contributed by atoms with Crippen LogP contribution >= 0.6 is 22.7 Å². The van der Waals surface area contributed by atoms with E-state index in [-0.39, 0.29) is 0 Å². The molecule has 0 bridgehead atoms. The van der Waals surface area contributed by atoms with Gasteiger partial charge in [-0.2, -0.15) is 0 Å². The first-order valence-electron chi connectivity index (χ1n) is 33.4. The SMILES string of the molecule is c1ccc(-c2ccc(-c3c4ccccc4c(-c4ccc(-c5ccc6c(c5)sc5ccc7ccccc7c56)cn4)c4ccccc34)cc2)cc1.c1ccc(-c2ccc(-c3c4ccccc4c(-c4ccc(-c5ccc6sc7ccc8ccccc8c7c6c5)cn4)c4ccccc34)cc2)cc1. The van der Waals surface area contributed by atoms with Crippen molar-refractivity contribution < 1.29 is 0 Å². The highest BCUT2D eigenvalue weighted by Gasteiger charge is 2.21. The molecule has 0 aliphatic heterocycles. The van der Waals surface area contributed by atoms with Crippen molar-refractivity contribution in [2.75, 3.05) is 0 Å². The van der Waals surface area contributed by atoms with E-state index >= 15 is 0 Å². The summed E-state index contributed by atoms with van der Waals surface area (Å²) in [6.45, 7) is 0. The third-order valence-electron chi connectivity index (χ3n) is 19.9. The highest BCUT2D eigenvalue weighted by atomic mass is 32.1. The van der Waals surface area contributed by atoms with Gasteiger partial charge in [0, 0.05) is 75.0 Å². The Morgan fingerprint density at radius 2 is 0.490 bits per heavy atom. The molecule has 0 unspecified atom stereocenters. The van der Waals surface area contributed by atoms with E-state index < -0.39 is 0 Å². The largest absolute Gasteiger partial charge is 0.256 e. The Morgan fingerprint density at radius 3 is 0.918 bits per heavy atom. The van der Waals surface area contributed by atoms with Gasteiger partial charge in [0.15, 0.2) is 0 Å². The number of hydrogen-bond acceptors (Lipinski definition) is 4. The topological polar surface area (TPSA) is 25.8 Å². The lowest BCUT2D eigenvalue weighted by Gasteiger charge is -2.17. The quantitative estimate of drug-likeness (QED) is 0.142. The summed E-state index contributed by atoms with van der Waals surface area (Å²) in [4.78, 5) is 10.3. The lowest BCUT2D eigenvalue weighted by atomic mass is 9.87. The van der Waals surface area contributed by atoms with E-state index in [0.717, 1.165) is 22.5 Å². The van der Waals surface area contributed by atoms with Gasteiger partial charge in [0.05, 0.1) is 11.4 Å². The minimum absolute atomic E-state index is 0.982. The Bertz CT molecular complexity index is 6370. The molecule has 0 saturated carbocycles. The number of fused-ring (bicyclic) bond motifs is 14. The molecule has 20 rings (SSSR count). The number of aromatic nitrogens is 2. The van der Waals surface area contributed by atoms with Gasteiger partial charge in [-0.25, -0.2) is 0 Å². The molecule has 0 saturated heterocycles. The molecule has 0 fully saturated rings. The number of nitrogens with zero attached hydrogens (tertiary/aromatic N) is 2. The number of rotatable bonds is 8. The van der Waals surface area contributed by atoms with Gasteiger partial charge < -0.3 is 0 Å². The van der Waals surface area contributed by atoms with E-state index in [2.05, 4.69) is 340 Å². The van der Waals surface area contributed by atoms with E-state index in [4.69, 9.17) is 9.97 Å². The zero-order valence-corrected chi connectivity index (χ0v) is 54.8. The van der Waals surface area contributed by atoms with E-state index in [0.29, 0.717) is 0 Å². The lowest BCUT2D eigenvalue weighted by Crippen LogP contribution is -1.92. The number of pyridine rings is 2. The second-order valence-corrected chi connectivity index (χ2v) is 27.5. The van der Waals surface area contributed by atoms with Crippen molar-refractivity contribution in [2.24, 2.45) is 0 Å². The average molecular weight is 1280 g/mol. The van der Waals surface area contributed by atoms with Crippen molar-refractivity contribution in [3.63, 3.8) is 0 Å². The van der Waals surface area contributed by atoms with Crippen LogP contribution < -0.4 is 0 Å². The van der Waals surface area contributed by atoms with Crippen LogP contribution in [0.25, 0.3) is 194 Å². The summed E-state index contributed by atoms with van der Waals surface area (Å²) in [7, 11) is 0. The molecule has 0 aliphatic carbocycles. The van der Waals surface area contributed by atoms with Crippen molar-refractivity contribution in [3.8, 4) is 89.3 Å². The first-order chi connectivity index (χ1) is 48.6. The minimum Gasteiger partial charge on any atom is -0.256 e. The van der Waals surface area contributed by atoms with E-state index in [1.807, 2.05) is 35.1 Å². The molecular formula is C94H58N2S2. The maximum Gasteiger partial charge on any atom is 0.0714 e. The van der Waals surface area contributed by atoms with Gasteiger partial charge in [0.25, 0.3) is 0 Å². The molecule has 16 aromatic carbocycles. The zero-order valence-electron chi connectivity index (χ0n) is 53.2. The fourth-order valence-electron chi connectivity index (χ4n) is 15.2. The van der Waals surface area contributed by atoms with E-state index in [1.165, 1.54) is 172 Å². The van der Waals surface area contributed by atoms with Gasteiger partial charge in [-0.05, 0) is 163 Å². The maximum absolute atomic E-state index is 5.16. The molecule has 2 nitrogen and oxygen atoms in total. The van der Waals surface area contributed by atoms with E-state index in [1.54, 1.807) is 0 Å². The molecule has 0 spiro atoms. The highest BCUT2D eigenvalue weighted by Crippen LogP contribution is 2.48. The number of benzene rings is 16. The average Bonchev–Trinajstić information content (AvgIpc) is 1.07. The summed E-state index contributed by atoms with van der Waals surface area (Å²) in [6, 6.07) is 123. The summed E-state index contributed by atoms with van der Waals surface area (Å²) < 4.78 is 5.27. The number of hydrogen-bond donors (Lipinski definition) is 0. The Morgan fingerprint density at radius 1 is 0.173 bits per heavy atom. The third-order valence-corrected chi connectivity index (χ3v) is 22.1. The molecule has 98 heavy (non-hydrogen) atoms. The Hall–Kier alpha value is -12.2. The molecule has 0 radical (unpaired) electrons. The van der Waals surface area contributed by atoms with Crippen molar-refractivity contribution in [3.05, 3.63) is 352 Å². The molecule has 4 heteroatoms. The Kier molecular flexibility index (Phi) is 14.0. The van der Waals surface area contributed by atoms with Crippen LogP contribution in [0.15, 0.2) is 352 Å². The van der Waals surface area contributed by atoms with Gasteiger partial charge in [-0.1, -0.05) is 297 Å². The van der Waals surface area contributed by atoms with Crippen molar-refractivity contribution in [1.29, 1.82) is 0 Å². The van der Waals surface area contributed by atoms with Gasteiger partial charge in [0.2, 0.25) is 0 Å². The van der Waals surface area contributed by atoms with Gasteiger partial charge in [-0.15, -0.1) is 22.7 Å². The van der Waals surface area contributed by atoms with E-state index in [9.17, 15) is 0 Å². The van der Waals surface area contributed by atoms with Crippen LogP contribution in [-0.4, -0.2) is 9.97 Å². The van der Waals surface area contributed by atoms with Crippen molar-refractivity contribution >= 4 is 128 Å². The summed E-state index contributed by atoms with van der Waals surface area (Å²) in [5, 5.41) is 20.3. The standard InChI is InChI=1S/2C47H29NS/c1-2-10-30(11-3-1)31-18-20-33(21-19-31)45-37-14-6-8-16-39(37)46(40-17-9-7-15-38(40)45)42-25-22-35(29-48-42)34-24-26-43-41(28-34)47-36-13-5-4-12-32(36)23-27-44(47)49-43;1-2-10-30(11-3-1)31-18-20-33(21-19-31)45-37-14-6-8-16-39(37)46(40-17-9-7-15-38(40)45)42-26-23-35(29-48-42)34-22-25-41-44(28-34)49-43-27-24-32-12-4-5-13-36(32)47(41)43/h2*1-29H. The molecule has 4 heterocycles. The summed E-state index contributed by atoms with van der Waals surface area (Å²) in [5.41, 5.74) is 18.8. The van der Waals surface area contributed by atoms with Crippen LogP contribution in [0, 0.1) is 0 Å². The van der Waals surface area contributed by atoms with Crippen LogP contribution in [0.3, 0.4) is 0 Å². The van der Waals surface area contributed by atoms with Crippen molar-refractivity contribution in [2.45, 2.75) is 0 Å². The molecular weight excluding hydrogens is 1220 g/mol. The third kappa shape index (κ3) is 9.83. The minimum atomic E-state index is 0.982. The van der Waals surface area contributed by atoms with Crippen LogP contribution in [0.1, 0.15) is 0 Å². The molecule has 0 aliphatic rings. The zero-order chi connectivity index (χ0) is 64.6. The molecule has 0 amide bonds. The number of thiophene rings is 2. The molecule has 0 N–H and O–H groups in total. The molecule has 456 valence electrons. The second-order valence-electron chi connectivity index (χ2n) is 25.4. The van der Waals surface area contributed by atoms with Gasteiger partial charge >= 0.3 is 0 Å². The second kappa shape index (κ2) is 23.9. The maximum atomic E-state index is 5.16. The summed E-state index contributed by atoms with van der Waals surface area (Å²) in [6.07, 6.45) is 4.09. The smallest absolute Gasteiger partial charge is 0.0714 e. The van der Waals surface area contributed by atoms with Crippen LogP contribution in [-0.2, 0) is 0 Å². The predicted octanol–water partition coefficient (Wildman–Crippen LogP) is 27.2. The highest BCUT2D eigenvalue weighted by molar-refractivity contribution is 7.26. The lowest BCUT2D eigenvalue weighted by molar-refractivity contribution is 1.34. The monoisotopic (exact) mass is 1280 g/mol. The predicted molar refractivity (Wildman–Crippen MR) is 423 cm³/mol. The normalized spacial score (nSPS) is 11.7. The molecule has 4 aromatic heterocycles. The first-order valence-corrected chi connectivity index (χ1v) is 35.0. The fraction of sp³-hybridized carbons (Fsp3) is 0. The molecule has 0 atom stereocenters. The first kappa shape index (κ1) is 57.3. The van der Waals surface area contributed by atoms with Gasteiger partial charge in [0.1, 0.15) is 0 Å². The Labute approximate surface area is 574 Å². The van der Waals surface area contributed by atoms with Crippen molar-refractivity contribution in [1.82, 2.24) is 9.97 Å². The Balaban J connectivity index is 0.000000137. The fourth-order valence-corrected chi connectivity index (χ4v) is 17.5. The summed E-state index contributed by atoms with van der Waals surface area (Å²) in [5.74, 6) is 0. The summed E-state index contributed by atoms with van der Waals surface area (Å²) >= 11 is 3.73. The van der Waals surface area contributed by atoms with Gasteiger partial charge in [-0.3, -0.25) is 9.97 Å². The van der Waals surface area contributed by atoms with Crippen LogP contribution in [0.2, 0.25) is 0 Å². The molecule has 20 aromatic rings. The van der Waals surface area contributed by atoms with Crippen LogP contribution in [0.4, 0.5) is 0 Å².